The highest BCUT2D eigenvalue weighted by Crippen LogP contribution is 2.43. The normalized spacial score (nSPS) is 17.3. The van der Waals surface area contributed by atoms with E-state index in [2.05, 4.69) is 15.9 Å². The van der Waals surface area contributed by atoms with E-state index in [1.807, 2.05) is 0 Å². The van der Waals surface area contributed by atoms with Crippen molar-refractivity contribution >= 4 is 21.7 Å². The first-order valence-electron chi connectivity index (χ1n) is 6.20. The molecule has 2 rings (SSSR count). The first-order chi connectivity index (χ1) is 8.54. The van der Waals surface area contributed by atoms with Crippen LogP contribution in [0.3, 0.4) is 0 Å². The zero-order valence-corrected chi connectivity index (χ0v) is 11.8. The van der Waals surface area contributed by atoms with Gasteiger partial charge < -0.3 is 5.73 Å². The molecule has 1 aliphatic rings. The molecule has 1 aliphatic carbocycles. The number of nitrogens with two attached hydrogens (primary N) is 1. The summed E-state index contributed by atoms with van der Waals surface area (Å²) in [6.45, 7) is 0.589. The summed E-state index contributed by atoms with van der Waals surface area (Å²) < 4.78 is 13.5. The number of carbonyl (C=O) groups excluding carboxylic acids is 1. The highest BCUT2D eigenvalue weighted by molar-refractivity contribution is 9.10. The Hall–Kier alpha value is -0.740. The lowest BCUT2D eigenvalue weighted by atomic mass is 9.65. The van der Waals surface area contributed by atoms with Crippen LogP contribution in [0.25, 0.3) is 0 Å². The molecular formula is C14H17BrFNO. The van der Waals surface area contributed by atoms with Crippen molar-refractivity contribution < 1.29 is 9.18 Å². The first-order valence-corrected chi connectivity index (χ1v) is 7.00. The minimum atomic E-state index is -0.302. The highest BCUT2D eigenvalue weighted by atomic mass is 79.9. The molecule has 0 radical (unpaired) electrons. The van der Waals surface area contributed by atoms with Crippen molar-refractivity contribution in [1.29, 1.82) is 0 Å². The molecule has 0 atom stereocenters. The number of carbonyl (C=O) groups is 1. The van der Waals surface area contributed by atoms with Crippen LogP contribution in [0, 0.1) is 11.2 Å². The van der Waals surface area contributed by atoms with E-state index in [1.165, 1.54) is 12.5 Å². The summed E-state index contributed by atoms with van der Waals surface area (Å²) in [6, 6.07) is 4.71. The van der Waals surface area contributed by atoms with E-state index in [9.17, 15) is 9.18 Å². The largest absolute Gasteiger partial charge is 0.330 e. The fraction of sp³-hybridized carbons (Fsp3) is 0.500. The maximum atomic E-state index is 13.1. The van der Waals surface area contributed by atoms with Crippen LogP contribution in [-0.4, -0.2) is 12.3 Å². The molecule has 0 saturated heterocycles. The maximum absolute atomic E-state index is 13.1. The number of hydrogen-bond donors (Lipinski definition) is 1. The van der Waals surface area contributed by atoms with Crippen LogP contribution in [0.2, 0.25) is 0 Å². The van der Waals surface area contributed by atoms with Crippen molar-refractivity contribution in [2.75, 3.05) is 6.54 Å². The third-order valence-corrected chi connectivity index (χ3v) is 4.41. The summed E-state index contributed by atoms with van der Waals surface area (Å²) in [4.78, 5) is 12.0. The molecule has 0 amide bonds. The molecule has 0 aliphatic heterocycles. The molecule has 0 spiro atoms. The third-order valence-electron chi connectivity index (χ3n) is 3.80. The molecule has 1 saturated carbocycles. The van der Waals surface area contributed by atoms with Crippen LogP contribution in [0.4, 0.5) is 4.39 Å². The van der Waals surface area contributed by atoms with Gasteiger partial charge in [-0.05, 0) is 58.4 Å². The number of hydrogen-bond acceptors (Lipinski definition) is 2. The Kier molecular flexibility index (Phi) is 4.17. The van der Waals surface area contributed by atoms with E-state index in [-0.39, 0.29) is 17.0 Å². The molecule has 4 heteroatoms. The monoisotopic (exact) mass is 313 g/mol. The fourth-order valence-electron chi connectivity index (χ4n) is 2.49. The third kappa shape index (κ3) is 2.98. The van der Waals surface area contributed by atoms with E-state index in [1.54, 1.807) is 12.1 Å². The van der Waals surface area contributed by atoms with Gasteiger partial charge in [0.1, 0.15) is 11.6 Å². The number of halogens is 2. The van der Waals surface area contributed by atoms with Gasteiger partial charge in [-0.1, -0.05) is 12.5 Å². The molecule has 2 nitrogen and oxygen atoms in total. The number of benzene rings is 1. The van der Waals surface area contributed by atoms with Crippen LogP contribution in [0.15, 0.2) is 22.7 Å². The SMILES string of the molecule is NCC1(CC(=O)Cc2ccc(F)c(Br)c2)CCC1. The van der Waals surface area contributed by atoms with Gasteiger partial charge in [0.15, 0.2) is 0 Å². The van der Waals surface area contributed by atoms with Gasteiger partial charge >= 0.3 is 0 Å². The maximum Gasteiger partial charge on any atom is 0.137 e. The van der Waals surface area contributed by atoms with Gasteiger partial charge in [-0.2, -0.15) is 0 Å². The second kappa shape index (κ2) is 5.49. The Bertz CT molecular complexity index is 452. The Labute approximate surface area is 115 Å². The molecule has 0 aromatic heterocycles. The van der Waals surface area contributed by atoms with Crippen molar-refractivity contribution in [3.63, 3.8) is 0 Å². The van der Waals surface area contributed by atoms with Gasteiger partial charge in [-0.25, -0.2) is 4.39 Å². The van der Waals surface area contributed by atoms with Crippen LogP contribution in [0.5, 0.6) is 0 Å². The average molecular weight is 314 g/mol. The van der Waals surface area contributed by atoms with Gasteiger partial charge in [0.05, 0.1) is 4.47 Å². The van der Waals surface area contributed by atoms with Gasteiger partial charge in [0.2, 0.25) is 0 Å². The molecule has 1 fully saturated rings. The average Bonchev–Trinajstić information content (AvgIpc) is 2.29. The Morgan fingerprint density at radius 2 is 2.17 bits per heavy atom. The smallest absolute Gasteiger partial charge is 0.137 e. The fourth-order valence-corrected chi connectivity index (χ4v) is 2.91. The lowest BCUT2D eigenvalue weighted by Gasteiger charge is -2.40. The molecule has 1 aromatic rings. The van der Waals surface area contributed by atoms with Crippen molar-refractivity contribution in [3.8, 4) is 0 Å². The number of Topliss-reactive ketones (excluding diaryl/α,β-unsaturated/α-hetero) is 1. The molecule has 0 heterocycles. The second-order valence-electron chi connectivity index (χ2n) is 5.20. The Morgan fingerprint density at radius 1 is 1.44 bits per heavy atom. The quantitative estimate of drug-likeness (QED) is 0.907. The van der Waals surface area contributed by atoms with Crippen molar-refractivity contribution in [3.05, 3.63) is 34.1 Å². The zero-order valence-electron chi connectivity index (χ0n) is 10.2. The van der Waals surface area contributed by atoms with Crippen molar-refractivity contribution in [2.24, 2.45) is 11.1 Å². The van der Waals surface area contributed by atoms with Crippen molar-refractivity contribution in [1.82, 2.24) is 0 Å². The molecule has 1 aromatic carbocycles. The van der Waals surface area contributed by atoms with Crippen LogP contribution in [-0.2, 0) is 11.2 Å². The highest BCUT2D eigenvalue weighted by Gasteiger charge is 2.37. The van der Waals surface area contributed by atoms with Crippen LogP contribution < -0.4 is 5.73 Å². The minimum absolute atomic E-state index is 0.0499. The lowest BCUT2D eigenvalue weighted by molar-refractivity contribution is -0.122. The standard InChI is InChI=1S/C14H17BrFNO/c15-12-7-10(2-3-13(12)16)6-11(18)8-14(9-17)4-1-5-14/h2-3,7H,1,4-6,8-9,17H2. The minimum Gasteiger partial charge on any atom is -0.330 e. The summed E-state index contributed by atoms with van der Waals surface area (Å²) in [5, 5.41) is 0. The predicted molar refractivity (Wildman–Crippen MR) is 72.8 cm³/mol. The van der Waals surface area contributed by atoms with E-state index in [4.69, 9.17) is 5.73 Å². The van der Waals surface area contributed by atoms with Crippen LogP contribution in [0.1, 0.15) is 31.2 Å². The number of rotatable bonds is 5. The van der Waals surface area contributed by atoms with Gasteiger partial charge in [0.25, 0.3) is 0 Å². The summed E-state index contributed by atoms with van der Waals surface area (Å²) >= 11 is 3.13. The zero-order chi connectivity index (χ0) is 13.2. The van der Waals surface area contributed by atoms with E-state index in [0.29, 0.717) is 23.9 Å². The van der Waals surface area contributed by atoms with Crippen molar-refractivity contribution in [2.45, 2.75) is 32.1 Å². The first kappa shape index (κ1) is 13.7. The van der Waals surface area contributed by atoms with Gasteiger partial charge in [-0.15, -0.1) is 0 Å². The molecule has 0 unspecified atom stereocenters. The molecule has 98 valence electrons. The van der Waals surface area contributed by atoms with E-state index in [0.717, 1.165) is 18.4 Å². The molecule has 2 N–H and O–H groups in total. The Morgan fingerprint density at radius 3 is 2.67 bits per heavy atom. The summed E-state index contributed by atoms with van der Waals surface area (Å²) in [5.41, 5.74) is 6.64. The van der Waals surface area contributed by atoms with E-state index >= 15 is 0 Å². The molecule has 0 bridgehead atoms. The summed E-state index contributed by atoms with van der Waals surface area (Å²) in [6.07, 6.45) is 4.20. The summed E-state index contributed by atoms with van der Waals surface area (Å²) in [7, 11) is 0. The Balaban J connectivity index is 1.96. The van der Waals surface area contributed by atoms with E-state index < -0.39 is 0 Å². The van der Waals surface area contributed by atoms with Crippen LogP contribution >= 0.6 is 15.9 Å². The van der Waals surface area contributed by atoms with Gasteiger partial charge in [0, 0.05) is 12.8 Å². The molecular weight excluding hydrogens is 297 g/mol. The lowest BCUT2D eigenvalue weighted by Crippen LogP contribution is -2.39. The molecule has 18 heavy (non-hydrogen) atoms. The summed E-state index contributed by atoms with van der Waals surface area (Å²) in [5.74, 6) is -0.109. The second-order valence-corrected chi connectivity index (χ2v) is 6.05. The van der Waals surface area contributed by atoms with Gasteiger partial charge in [-0.3, -0.25) is 4.79 Å². The predicted octanol–water partition coefficient (Wildman–Crippen LogP) is 3.22. The number of ketones is 1. The topological polar surface area (TPSA) is 43.1 Å².